The zero-order valence-corrected chi connectivity index (χ0v) is 15.9. The van der Waals surface area contributed by atoms with Crippen molar-refractivity contribution >= 4 is 17.3 Å². The lowest BCUT2D eigenvalue weighted by Crippen LogP contribution is -2.38. The minimum Gasteiger partial charge on any atom is -0.493 e. The molecular formula is C20H28N4O2. The van der Waals surface area contributed by atoms with E-state index in [4.69, 9.17) is 4.74 Å². The standard InChI is InChI=1S/C20H28N4O2/c1-5-24(4)23-22-18-10-8-17(9-11-18)21-20(25)16-6-12-19(13-7-16)26-14-15(2)3/h6-13,15,22-23H,5,14H2,1-4H3,(H,21,25). The first-order valence-electron chi connectivity index (χ1n) is 8.85. The average Bonchev–Trinajstić information content (AvgIpc) is 2.65. The number of nitrogens with zero attached hydrogens (tertiary/aromatic N) is 1. The van der Waals surface area contributed by atoms with E-state index in [1.54, 1.807) is 12.1 Å². The number of amides is 1. The maximum Gasteiger partial charge on any atom is 0.255 e. The number of ether oxygens (including phenoxy) is 1. The van der Waals surface area contributed by atoms with Gasteiger partial charge in [0.05, 0.1) is 12.3 Å². The highest BCUT2D eigenvalue weighted by Crippen LogP contribution is 2.16. The van der Waals surface area contributed by atoms with Crippen LogP contribution in [0, 0.1) is 5.92 Å². The lowest BCUT2D eigenvalue weighted by Gasteiger charge is -2.17. The highest BCUT2D eigenvalue weighted by Gasteiger charge is 2.07. The molecule has 0 saturated carbocycles. The Kier molecular flexibility index (Phi) is 7.44. The first-order valence-corrected chi connectivity index (χ1v) is 8.85. The number of carbonyl (C=O) groups excluding carboxylic acids is 1. The molecule has 2 aromatic carbocycles. The second kappa shape index (κ2) is 9.79. The van der Waals surface area contributed by atoms with Gasteiger partial charge in [-0.15, -0.1) is 0 Å². The number of rotatable bonds is 9. The van der Waals surface area contributed by atoms with Gasteiger partial charge in [0.2, 0.25) is 0 Å². The van der Waals surface area contributed by atoms with Crippen molar-refractivity contribution in [2.45, 2.75) is 20.8 Å². The molecule has 0 bridgehead atoms. The van der Waals surface area contributed by atoms with Crippen LogP contribution in [-0.2, 0) is 0 Å². The van der Waals surface area contributed by atoms with Gasteiger partial charge in [0.25, 0.3) is 5.91 Å². The third-order valence-electron chi connectivity index (χ3n) is 3.71. The molecule has 0 aliphatic carbocycles. The Labute approximate surface area is 155 Å². The van der Waals surface area contributed by atoms with Crippen LogP contribution in [0.5, 0.6) is 5.75 Å². The van der Waals surface area contributed by atoms with Crippen molar-refractivity contribution in [2.75, 3.05) is 30.9 Å². The maximum absolute atomic E-state index is 12.3. The quantitative estimate of drug-likeness (QED) is 0.597. The van der Waals surface area contributed by atoms with Crippen molar-refractivity contribution in [3.63, 3.8) is 0 Å². The first kappa shape index (κ1) is 19.8. The second-order valence-electron chi connectivity index (χ2n) is 6.51. The summed E-state index contributed by atoms with van der Waals surface area (Å²) in [7, 11) is 1.95. The molecule has 0 saturated heterocycles. The Balaban J connectivity index is 1.88. The fraction of sp³-hybridized carbons (Fsp3) is 0.350. The van der Waals surface area contributed by atoms with Crippen LogP contribution < -0.4 is 21.0 Å². The van der Waals surface area contributed by atoms with Gasteiger partial charge < -0.3 is 15.5 Å². The van der Waals surface area contributed by atoms with Crippen LogP contribution in [0.25, 0.3) is 0 Å². The summed E-state index contributed by atoms with van der Waals surface area (Å²) in [5, 5.41) is 4.81. The van der Waals surface area contributed by atoms with Crippen LogP contribution in [0.2, 0.25) is 0 Å². The third kappa shape index (κ3) is 6.38. The zero-order valence-electron chi connectivity index (χ0n) is 15.9. The Morgan fingerprint density at radius 2 is 1.65 bits per heavy atom. The smallest absolute Gasteiger partial charge is 0.255 e. The fourth-order valence-electron chi connectivity index (χ4n) is 2.04. The molecule has 0 aliphatic rings. The molecule has 1 amide bonds. The van der Waals surface area contributed by atoms with Gasteiger partial charge in [0, 0.05) is 24.8 Å². The summed E-state index contributed by atoms with van der Waals surface area (Å²) in [6, 6.07) is 14.7. The number of hydrogen-bond donors (Lipinski definition) is 3. The highest BCUT2D eigenvalue weighted by molar-refractivity contribution is 6.04. The Hall–Kier alpha value is -2.57. The van der Waals surface area contributed by atoms with Gasteiger partial charge in [-0.1, -0.05) is 20.8 Å². The highest BCUT2D eigenvalue weighted by atomic mass is 16.5. The van der Waals surface area contributed by atoms with Crippen LogP contribution in [0.3, 0.4) is 0 Å². The minimum atomic E-state index is -0.148. The molecule has 2 rings (SSSR count). The SMILES string of the molecule is CCN(C)NNc1ccc(NC(=O)c2ccc(OCC(C)C)cc2)cc1. The number of benzene rings is 2. The van der Waals surface area contributed by atoms with Crippen molar-refractivity contribution in [2.24, 2.45) is 5.92 Å². The summed E-state index contributed by atoms with van der Waals surface area (Å²) in [5.74, 6) is 1.09. The minimum absolute atomic E-state index is 0.148. The molecule has 6 nitrogen and oxygen atoms in total. The lowest BCUT2D eigenvalue weighted by atomic mass is 10.2. The van der Waals surface area contributed by atoms with E-state index in [1.165, 1.54) is 0 Å². The molecule has 0 spiro atoms. The Morgan fingerprint density at radius 3 is 2.23 bits per heavy atom. The van der Waals surface area contributed by atoms with Crippen molar-refractivity contribution < 1.29 is 9.53 Å². The number of hydrazine groups is 2. The lowest BCUT2D eigenvalue weighted by molar-refractivity contribution is 0.102. The van der Waals surface area contributed by atoms with E-state index in [0.29, 0.717) is 18.1 Å². The number of hydrogen-bond acceptors (Lipinski definition) is 5. The molecule has 0 atom stereocenters. The second-order valence-corrected chi connectivity index (χ2v) is 6.51. The van der Waals surface area contributed by atoms with Gasteiger partial charge in [0.15, 0.2) is 0 Å². The molecule has 0 aromatic heterocycles. The van der Waals surface area contributed by atoms with E-state index in [1.807, 2.05) is 48.5 Å². The van der Waals surface area contributed by atoms with Crippen molar-refractivity contribution in [3.05, 3.63) is 54.1 Å². The van der Waals surface area contributed by atoms with Gasteiger partial charge >= 0.3 is 0 Å². The molecule has 0 fully saturated rings. The Bertz CT molecular complexity index is 684. The molecule has 0 heterocycles. The molecule has 26 heavy (non-hydrogen) atoms. The largest absolute Gasteiger partial charge is 0.493 e. The van der Waals surface area contributed by atoms with Gasteiger partial charge in [-0.05, 0) is 54.4 Å². The van der Waals surface area contributed by atoms with E-state index < -0.39 is 0 Å². The fourth-order valence-corrected chi connectivity index (χ4v) is 2.04. The summed E-state index contributed by atoms with van der Waals surface area (Å²) in [6.07, 6.45) is 0. The number of anilines is 2. The van der Waals surface area contributed by atoms with E-state index in [0.717, 1.165) is 23.7 Å². The van der Waals surface area contributed by atoms with Crippen LogP contribution in [0.4, 0.5) is 11.4 Å². The third-order valence-corrected chi connectivity index (χ3v) is 3.71. The van der Waals surface area contributed by atoms with Crippen LogP contribution >= 0.6 is 0 Å². The summed E-state index contributed by atoms with van der Waals surface area (Å²) < 4.78 is 5.63. The van der Waals surface area contributed by atoms with Crippen LogP contribution in [0.1, 0.15) is 31.1 Å². The molecule has 0 radical (unpaired) electrons. The number of carbonyl (C=O) groups is 1. The molecule has 0 aliphatic heterocycles. The number of nitrogens with one attached hydrogen (secondary N) is 3. The Morgan fingerprint density at radius 1 is 1.04 bits per heavy atom. The average molecular weight is 356 g/mol. The topological polar surface area (TPSA) is 65.6 Å². The molecule has 140 valence electrons. The van der Waals surface area contributed by atoms with Gasteiger partial charge in [0.1, 0.15) is 5.75 Å². The van der Waals surface area contributed by atoms with Crippen molar-refractivity contribution in [3.8, 4) is 5.75 Å². The van der Waals surface area contributed by atoms with Crippen LogP contribution in [-0.4, -0.2) is 31.1 Å². The predicted octanol–water partition coefficient (Wildman–Crippen LogP) is 3.76. The van der Waals surface area contributed by atoms with E-state index in [-0.39, 0.29) is 5.91 Å². The maximum atomic E-state index is 12.3. The normalized spacial score (nSPS) is 10.8. The monoisotopic (exact) mass is 356 g/mol. The summed E-state index contributed by atoms with van der Waals surface area (Å²) in [4.78, 5) is 12.3. The zero-order chi connectivity index (χ0) is 18.9. The van der Waals surface area contributed by atoms with Crippen molar-refractivity contribution in [1.29, 1.82) is 0 Å². The summed E-state index contributed by atoms with van der Waals surface area (Å²) in [5.41, 5.74) is 8.37. The molecule has 0 unspecified atom stereocenters. The van der Waals surface area contributed by atoms with Gasteiger partial charge in [-0.2, -0.15) is 5.53 Å². The summed E-state index contributed by atoms with van der Waals surface area (Å²) in [6.45, 7) is 7.79. The van der Waals surface area contributed by atoms with E-state index in [2.05, 4.69) is 37.0 Å². The summed E-state index contributed by atoms with van der Waals surface area (Å²) >= 11 is 0. The predicted molar refractivity (Wildman–Crippen MR) is 106 cm³/mol. The van der Waals surface area contributed by atoms with Gasteiger partial charge in [-0.3, -0.25) is 4.79 Å². The first-order chi connectivity index (χ1) is 12.5. The van der Waals surface area contributed by atoms with Crippen LogP contribution in [0.15, 0.2) is 48.5 Å². The molecule has 6 heteroatoms. The van der Waals surface area contributed by atoms with Crippen molar-refractivity contribution in [1.82, 2.24) is 10.5 Å². The van der Waals surface area contributed by atoms with Gasteiger partial charge in [-0.25, -0.2) is 5.01 Å². The molecule has 3 N–H and O–H groups in total. The molecular weight excluding hydrogens is 328 g/mol. The molecule has 2 aromatic rings. The van der Waals surface area contributed by atoms with E-state index in [9.17, 15) is 4.79 Å². The van der Waals surface area contributed by atoms with E-state index >= 15 is 0 Å².